The number of pyridine rings is 1. The highest BCUT2D eigenvalue weighted by Crippen LogP contribution is 2.35. The molecule has 1 N–H and O–H groups in total. The molecule has 2 aromatic rings. The van der Waals surface area contributed by atoms with Gasteiger partial charge >= 0.3 is 6.18 Å². The number of carbonyl (C=O) groups excluding carboxylic acids is 1. The standard InChI is InChI=1S/C16H15ClF3N3OS/c17-12-7-10(16(18,19)20)8-21-14(12)23-5-1-4-13(23)15(24)22-9-11-3-2-6-25-11/h2-3,6-8,13H,1,4-5,9H2,(H,22,24)/t13-/m1/s1. The van der Waals surface area contributed by atoms with Crippen molar-refractivity contribution in [3.8, 4) is 0 Å². The first-order chi connectivity index (χ1) is 11.9. The maximum absolute atomic E-state index is 12.7. The van der Waals surface area contributed by atoms with Gasteiger partial charge in [-0.05, 0) is 30.4 Å². The fourth-order valence-electron chi connectivity index (χ4n) is 2.80. The lowest BCUT2D eigenvalue weighted by molar-refractivity contribution is -0.137. The van der Waals surface area contributed by atoms with Crippen LogP contribution in [-0.2, 0) is 17.5 Å². The summed E-state index contributed by atoms with van der Waals surface area (Å²) in [5.41, 5.74) is -0.904. The van der Waals surface area contributed by atoms with Crippen LogP contribution in [0.3, 0.4) is 0 Å². The topological polar surface area (TPSA) is 45.2 Å². The van der Waals surface area contributed by atoms with Gasteiger partial charge in [-0.1, -0.05) is 17.7 Å². The molecule has 0 saturated carbocycles. The van der Waals surface area contributed by atoms with Crippen LogP contribution in [0.15, 0.2) is 29.8 Å². The minimum atomic E-state index is -4.50. The molecule has 0 spiro atoms. The summed E-state index contributed by atoms with van der Waals surface area (Å²) in [5.74, 6) is 0.0344. The van der Waals surface area contributed by atoms with Crippen LogP contribution in [-0.4, -0.2) is 23.5 Å². The molecule has 1 amide bonds. The molecule has 134 valence electrons. The van der Waals surface area contributed by atoms with E-state index in [0.717, 1.165) is 23.6 Å². The average Bonchev–Trinajstić information content (AvgIpc) is 3.23. The van der Waals surface area contributed by atoms with Crippen molar-refractivity contribution < 1.29 is 18.0 Å². The van der Waals surface area contributed by atoms with Crippen molar-refractivity contribution in [2.24, 2.45) is 0 Å². The molecule has 0 bridgehead atoms. The highest BCUT2D eigenvalue weighted by Gasteiger charge is 2.35. The molecular formula is C16H15ClF3N3OS. The van der Waals surface area contributed by atoms with Crippen LogP contribution in [0.25, 0.3) is 0 Å². The van der Waals surface area contributed by atoms with Crippen LogP contribution in [0.4, 0.5) is 19.0 Å². The molecule has 2 aromatic heterocycles. The second kappa shape index (κ2) is 7.21. The third kappa shape index (κ3) is 4.07. The van der Waals surface area contributed by atoms with Crippen LogP contribution in [0.5, 0.6) is 0 Å². The minimum Gasteiger partial charge on any atom is -0.349 e. The molecule has 1 atom stereocenters. The van der Waals surface area contributed by atoms with E-state index in [0.29, 0.717) is 19.5 Å². The van der Waals surface area contributed by atoms with E-state index in [1.165, 1.54) is 0 Å². The number of halogens is 4. The number of nitrogens with one attached hydrogen (secondary N) is 1. The van der Waals surface area contributed by atoms with Gasteiger partial charge in [0, 0.05) is 17.6 Å². The first-order valence-electron chi connectivity index (χ1n) is 7.66. The van der Waals surface area contributed by atoms with Gasteiger partial charge in [-0.3, -0.25) is 4.79 Å². The van der Waals surface area contributed by atoms with E-state index in [9.17, 15) is 18.0 Å². The van der Waals surface area contributed by atoms with Crippen molar-refractivity contribution in [3.05, 3.63) is 45.2 Å². The number of rotatable bonds is 4. The molecule has 0 aliphatic carbocycles. The van der Waals surface area contributed by atoms with Crippen molar-refractivity contribution in [1.29, 1.82) is 0 Å². The summed E-state index contributed by atoms with van der Waals surface area (Å²) in [6.45, 7) is 0.949. The van der Waals surface area contributed by atoms with Crippen molar-refractivity contribution in [1.82, 2.24) is 10.3 Å². The lowest BCUT2D eigenvalue weighted by Gasteiger charge is -2.26. The summed E-state index contributed by atoms with van der Waals surface area (Å²) < 4.78 is 38.2. The molecule has 1 aliphatic rings. The molecule has 3 rings (SSSR count). The first-order valence-corrected chi connectivity index (χ1v) is 8.91. The number of hydrogen-bond acceptors (Lipinski definition) is 4. The Morgan fingerprint density at radius 3 is 2.92 bits per heavy atom. The Morgan fingerprint density at radius 1 is 1.48 bits per heavy atom. The normalized spacial score (nSPS) is 17.8. The second-order valence-electron chi connectivity index (χ2n) is 5.68. The van der Waals surface area contributed by atoms with Gasteiger partial charge in [0.25, 0.3) is 0 Å². The second-order valence-corrected chi connectivity index (χ2v) is 7.12. The van der Waals surface area contributed by atoms with Crippen LogP contribution < -0.4 is 10.2 Å². The van der Waals surface area contributed by atoms with Crippen LogP contribution in [0.2, 0.25) is 5.02 Å². The third-order valence-electron chi connectivity index (χ3n) is 3.99. The smallest absolute Gasteiger partial charge is 0.349 e. The van der Waals surface area contributed by atoms with Gasteiger partial charge in [0.05, 0.1) is 17.1 Å². The van der Waals surface area contributed by atoms with Gasteiger partial charge in [-0.2, -0.15) is 13.2 Å². The Bertz CT molecular complexity index is 752. The Morgan fingerprint density at radius 2 is 2.28 bits per heavy atom. The summed E-state index contributed by atoms with van der Waals surface area (Å²) in [5, 5.41) is 4.68. The fraction of sp³-hybridized carbons (Fsp3) is 0.375. The zero-order valence-electron chi connectivity index (χ0n) is 13.0. The van der Waals surface area contributed by atoms with Crippen LogP contribution >= 0.6 is 22.9 Å². The van der Waals surface area contributed by atoms with Crippen molar-refractivity contribution in [2.75, 3.05) is 11.4 Å². The maximum Gasteiger partial charge on any atom is 0.417 e. The highest BCUT2D eigenvalue weighted by molar-refractivity contribution is 7.09. The Hall–Kier alpha value is -1.80. The highest BCUT2D eigenvalue weighted by atomic mass is 35.5. The van der Waals surface area contributed by atoms with Crippen LogP contribution in [0.1, 0.15) is 23.3 Å². The van der Waals surface area contributed by atoms with Gasteiger partial charge in [-0.15, -0.1) is 11.3 Å². The molecule has 25 heavy (non-hydrogen) atoms. The average molecular weight is 390 g/mol. The minimum absolute atomic E-state index is 0.104. The number of alkyl halides is 3. The number of nitrogens with zero attached hydrogens (tertiary/aromatic N) is 2. The van der Waals surface area contributed by atoms with Crippen LogP contribution in [0, 0.1) is 0 Å². The van der Waals surface area contributed by atoms with E-state index in [1.807, 2.05) is 17.5 Å². The lowest BCUT2D eigenvalue weighted by Crippen LogP contribution is -2.43. The van der Waals surface area contributed by atoms with Gasteiger partial charge in [-0.25, -0.2) is 4.98 Å². The van der Waals surface area contributed by atoms with E-state index in [-0.39, 0.29) is 16.7 Å². The maximum atomic E-state index is 12.7. The van der Waals surface area contributed by atoms with Gasteiger partial charge in [0.1, 0.15) is 11.9 Å². The largest absolute Gasteiger partial charge is 0.417 e. The van der Waals surface area contributed by atoms with Gasteiger partial charge < -0.3 is 10.2 Å². The summed E-state index contributed by atoms with van der Waals surface area (Å²) in [7, 11) is 0. The summed E-state index contributed by atoms with van der Waals surface area (Å²) in [4.78, 5) is 19.0. The first kappa shape index (κ1) is 18.0. The molecule has 1 saturated heterocycles. The Kier molecular flexibility index (Phi) is 5.19. The van der Waals surface area contributed by atoms with E-state index in [1.54, 1.807) is 16.2 Å². The molecule has 0 radical (unpaired) electrons. The molecule has 1 aliphatic heterocycles. The summed E-state index contributed by atoms with van der Waals surface area (Å²) >= 11 is 7.55. The number of amides is 1. The monoisotopic (exact) mass is 389 g/mol. The molecular weight excluding hydrogens is 375 g/mol. The fourth-order valence-corrected chi connectivity index (χ4v) is 3.71. The third-order valence-corrected chi connectivity index (χ3v) is 5.15. The predicted molar refractivity (Wildman–Crippen MR) is 90.8 cm³/mol. The molecule has 1 fully saturated rings. The number of aromatic nitrogens is 1. The Labute approximate surface area is 151 Å². The molecule has 0 unspecified atom stereocenters. The number of hydrogen-bond donors (Lipinski definition) is 1. The summed E-state index contributed by atoms with van der Waals surface area (Å²) in [6.07, 6.45) is -2.40. The predicted octanol–water partition coefficient (Wildman–Crippen LogP) is 4.10. The lowest BCUT2D eigenvalue weighted by atomic mass is 10.2. The number of carbonyl (C=O) groups is 1. The number of anilines is 1. The molecule has 3 heterocycles. The Balaban J connectivity index is 1.73. The SMILES string of the molecule is O=C(NCc1cccs1)[C@H]1CCCN1c1ncc(C(F)(F)F)cc1Cl. The molecule has 4 nitrogen and oxygen atoms in total. The molecule has 0 aromatic carbocycles. The van der Waals surface area contributed by atoms with Gasteiger partial charge in [0.2, 0.25) is 5.91 Å². The van der Waals surface area contributed by atoms with E-state index in [2.05, 4.69) is 10.3 Å². The number of thiophene rings is 1. The quantitative estimate of drug-likeness (QED) is 0.856. The van der Waals surface area contributed by atoms with Crippen molar-refractivity contribution in [3.63, 3.8) is 0 Å². The van der Waals surface area contributed by atoms with E-state index < -0.39 is 17.8 Å². The summed E-state index contributed by atoms with van der Waals surface area (Å²) in [6, 6.07) is 4.19. The van der Waals surface area contributed by atoms with Crippen molar-refractivity contribution >= 4 is 34.7 Å². The van der Waals surface area contributed by atoms with Gasteiger partial charge in [0.15, 0.2) is 0 Å². The zero-order valence-corrected chi connectivity index (χ0v) is 14.6. The van der Waals surface area contributed by atoms with Crippen molar-refractivity contribution in [2.45, 2.75) is 31.6 Å². The zero-order chi connectivity index (χ0) is 18.0. The molecule has 9 heteroatoms. The van der Waals surface area contributed by atoms with E-state index in [4.69, 9.17) is 11.6 Å². The van der Waals surface area contributed by atoms with E-state index >= 15 is 0 Å².